The summed E-state index contributed by atoms with van der Waals surface area (Å²) in [7, 11) is 0. The van der Waals surface area contributed by atoms with Gasteiger partial charge in [-0.3, -0.25) is 9.78 Å². The van der Waals surface area contributed by atoms with Gasteiger partial charge in [0, 0.05) is 18.9 Å². The zero-order valence-electron chi connectivity index (χ0n) is 13.0. The number of rotatable bonds is 5. The predicted molar refractivity (Wildman–Crippen MR) is 95.2 cm³/mol. The van der Waals surface area contributed by atoms with E-state index < -0.39 is 11.7 Å². The molecule has 0 bridgehead atoms. The van der Waals surface area contributed by atoms with Crippen LogP contribution in [0.2, 0.25) is 5.02 Å². The van der Waals surface area contributed by atoms with Gasteiger partial charge in [0.1, 0.15) is 11.6 Å². The number of pyridine rings is 2. The van der Waals surface area contributed by atoms with Crippen LogP contribution in [0, 0.1) is 5.82 Å². The van der Waals surface area contributed by atoms with E-state index in [1.165, 1.54) is 24.4 Å². The molecule has 3 rings (SSSR count). The second-order valence-electron chi connectivity index (χ2n) is 5.19. The normalized spacial score (nSPS) is 10.3. The molecule has 0 aliphatic rings. The first kappa shape index (κ1) is 16.9. The van der Waals surface area contributed by atoms with Gasteiger partial charge in [-0.15, -0.1) is 0 Å². The van der Waals surface area contributed by atoms with Crippen LogP contribution in [0.15, 0.2) is 61.1 Å². The highest BCUT2D eigenvalue weighted by atomic mass is 35.5. The molecule has 0 radical (unpaired) electrons. The molecule has 0 atom stereocenters. The number of anilines is 2. The first-order chi connectivity index (χ1) is 12.1. The Kier molecular flexibility index (Phi) is 5.20. The lowest BCUT2D eigenvalue weighted by Gasteiger charge is -2.09. The third-order valence-corrected chi connectivity index (χ3v) is 3.75. The zero-order valence-corrected chi connectivity index (χ0v) is 13.8. The van der Waals surface area contributed by atoms with Crippen LogP contribution in [0.25, 0.3) is 0 Å². The van der Waals surface area contributed by atoms with Gasteiger partial charge in [0.25, 0.3) is 5.91 Å². The van der Waals surface area contributed by atoms with Crippen molar-refractivity contribution >= 4 is 29.0 Å². The fraction of sp³-hybridized carbons (Fsp3) is 0.0556. The van der Waals surface area contributed by atoms with Gasteiger partial charge in [0.2, 0.25) is 0 Å². The minimum atomic E-state index is -0.673. The molecule has 1 aromatic carbocycles. The minimum Gasteiger partial charge on any atom is -0.366 e. The molecule has 0 spiro atoms. The molecular weight excluding hydrogens is 343 g/mol. The molecular formula is C18H14ClFN4O. The largest absolute Gasteiger partial charge is 0.366 e. The van der Waals surface area contributed by atoms with Gasteiger partial charge in [-0.1, -0.05) is 17.7 Å². The van der Waals surface area contributed by atoms with Crippen molar-refractivity contribution in [2.75, 3.05) is 10.6 Å². The van der Waals surface area contributed by atoms with Crippen molar-refractivity contribution in [3.63, 3.8) is 0 Å². The second-order valence-corrected chi connectivity index (χ2v) is 5.60. The molecule has 0 saturated heterocycles. The van der Waals surface area contributed by atoms with Gasteiger partial charge >= 0.3 is 0 Å². The van der Waals surface area contributed by atoms with Gasteiger partial charge < -0.3 is 10.6 Å². The summed E-state index contributed by atoms with van der Waals surface area (Å²) in [6.07, 6.45) is 4.93. The predicted octanol–water partition coefficient (Wildman–Crippen LogP) is 4.13. The molecule has 5 nitrogen and oxygen atoms in total. The van der Waals surface area contributed by atoms with E-state index in [-0.39, 0.29) is 10.6 Å². The second kappa shape index (κ2) is 7.72. The van der Waals surface area contributed by atoms with E-state index in [0.29, 0.717) is 18.1 Å². The minimum absolute atomic E-state index is 0.0566. The van der Waals surface area contributed by atoms with E-state index in [1.807, 2.05) is 12.1 Å². The Labute approximate surface area is 148 Å². The van der Waals surface area contributed by atoms with Gasteiger partial charge in [-0.2, -0.15) is 0 Å². The van der Waals surface area contributed by atoms with Crippen LogP contribution in [-0.2, 0) is 6.54 Å². The zero-order chi connectivity index (χ0) is 17.6. The lowest BCUT2D eigenvalue weighted by atomic mass is 10.2. The van der Waals surface area contributed by atoms with E-state index in [2.05, 4.69) is 20.6 Å². The van der Waals surface area contributed by atoms with Gasteiger partial charge in [0.15, 0.2) is 0 Å². The highest BCUT2D eigenvalue weighted by Crippen LogP contribution is 2.20. The van der Waals surface area contributed by atoms with Crippen LogP contribution in [0.4, 0.5) is 15.9 Å². The molecule has 0 fully saturated rings. The third kappa shape index (κ3) is 4.30. The van der Waals surface area contributed by atoms with Crippen LogP contribution in [0.5, 0.6) is 0 Å². The summed E-state index contributed by atoms with van der Waals surface area (Å²) in [5.74, 6) is -0.644. The third-order valence-electron chi connectivity index (χ3n) is 3.43. The molecule has 0 aliphatic heterocycles. The summed E-state index contributed by atoms with van der Waals surface area (Å²) in [5.41, 5.74) is 1.33. The van der Waals surface area contributed by atoms with E-state index in [9.17, 15) is 9.18 Å². The Bertz CT molecular complexity index is 852. The molecule has 2 N–H and O–H groups in total. The summed E-state index contributed by atoms with van der Waals surface area (Å²) in [6, 6.07) is 11.3. The fourth-order valence-corrected chi connectivity index (χ4v) is 2.42. The lowest BCUT2D eigenvalue weighted by molar-refractivity contribution is 0.102. The Morgan fingerprint density at radius 2 is 1.92 bits per heavy atom. The SMILES string of the molecule is O=C(Nc1ccc(NCc2ccncc2)nc1)c1c(F)cccc1Cl. The van der Waals surface area contributed by atoms with Gasteiger partial charge in [-0.25, -0.2) is 9.37 Å². The van der Waals surface area contributed by atoms with Gasteiger partial charge in [-0.05, 0) is 42.0 Å². The Morgan fingerprint density at radius 3 is 2.60 bits per heavy atom. The molecule has 126 valence electrons. The van der Waals surface area contributed by atoms with E-state index in [1.54, 1.807) is 24.5 Å². The average Bonchev–Trinajstić information content (AvgIpc) is 2.62. The quantitative estimate of drug-likeness (QED) is 0.721. The van der Waals surface area contributed by atoms with Crippen LogP contribution < -0.4 is 10.6 Å². The Balaban J connectivity index is 1.63. The van der Waals surface area contributed by atoms with Crippen molar-refractivity contribution < 1.29 is 9.18 Å². The molecule has 2 heterocycles. The number of benzene rings is 1. The van der Waals surface area contributed by atoms with E-state index in [4.69, 9.17) is 11.6 Å². The highest BCUT2D eigenvalue weighted by Gasteiger charge is 2.15. The van der Waals surface area contributed by atoms with Crippen molar-refractivity contribution in [3.8, 4) is 0 Å². The number of hydrogen-bond donors (Lipinski definition) is 2. The van der Waals surface area contributed by atoms with Crippen LogP contribution >= 0.6 is 11.6 Å². The number of hydrogen-bond acceptors (Lipinski definition) is 4. The number of nitrogens with zero attached hydrogens (tertiary/aromatic N) is 2. The summed E-state index contributed by atoms with van der Waals surface area (Å²) in [5, 5.41) is 5.79. The average molecular weight is 357 g/mol. The molecule has 7 heteroatoms. The molecule has 25 heavy (non-hydrogen) atoms. The number of halogens is 2. The van der Waals surface area contributed by atoms with Crippen LogP contribution in [-0.4, -0.2) is 15.9 Å². The van der Waals surface area contributed by atoms with E-state index >= 15 is 0 Å². The van der Waals surface area contributed by atoms with Crippen molar-refractivity contribution in [3.05, 3.63) is 83.0 Å². The standard InChI is InChI=1S/C18H14ClFN4O/c19-14-2-1-3-15(20)17(14)18(25)24-13-4-5-16(23-11-13)22-10-12-6-8-21-9-7-12/h1-9,11H,10H2,(H,22,23)(H,24,25). The van der Waals surface area contributed by atoms with Crippen molar-refractivity contribution in [1.82, 2.24) is 9.97 Å². The van der Waals surface area contributed by atoms with Crippen molar-refractivity contribution in [2.24, 2.45) is 0 Å². The maximum atomic E-state index is 13.8. The van der Waals surface area contributed by atoms with Gasteiger partial charge in [0.05, 0.1) is 22.5 Å². The topological polar surface area (TPSA) is 66.9 Å². The maximum Gasteiger partial charge on any atom is 0.260 e. The fourth-order valence-electron chi connectivity index (χ4n) is 2.17. The Morgan fingerprint density at radius 1 is 1.12 bits per heavy atom. The molecule has 2 aromatic heterocycles. The summed E-state index contributed by atoms with van der Waals surface area (Å²) in [4.78, 5) is 20.3. The summed E-state index contributed by atoms with van der Waals surface area (Å²) in [6.45, 7) is 0.603. The maximum absolute atomic E-state index is 13.8. The molecule has 0 saturated carbocycles. The van der Waals surface area contributed by atoms with Crippen LogP contribution in [0.1, 0.15) is 15.9 Å². The number of carbonyl (C=O) groups is 1. The lowest BCUT2D eigenvalue weighted by Crippen LogP contribution is -2.14. The van der Waals surface area contributed by atoms with Crippen LogP contribution in [0.3, 0.4) is 0 Å². The number of nitrogens with one attached hydrogen (secondary N) is 2. The first-order valence-electron chi connectivity index (χ1n) is 7.47. The summed E-state index contributed by atoms with van der Waals surface area (Å²) < 4.78 is 13.8. The molecule has 1 amide bonds. The number of carbonyl (C=O) groups excluding carboxylic acids is 1. The first-order valence-corrected chi connectivity index (χ1v) is 7.85. The summed E-state index contributed by atoms with van der Waals surface area (Å²) >= 11 is 5.88. The van der Waals surface area contributed by atoms with E-state index in [0.717, 1.165) is 5.56 Å². The smallest absolute Gasteiger partial charge is 0.260 e. The monoisotopic (exact) mass is 356 g/mol. The molecule has 0 unspecified atom stereocenters. The van der Waals surface area contributed by atoms with Crippen molar-refractivity contribution in [2.45, 2.75) is 6.54 Å². The highest BCUT2D eigenvalue weighted by molar-refractivity contribution is 6.34. The molecule has 3 aromatic rings. The number of amides is 1. The Hall–Kier alpha value is -2.99. The molecule has 0 aliphatic carbocycles. The number of aromatic nitrogens is 2. The van der Waals surface area contributed by atoms with Crippen molar-refractivity contribution in [1.29, 1.82) is 0 Å².